The summed E-state index contributed by atoms with van der Waals surface area (Å²) >= 11 is 12.0. The Hall–Kier alpha value is -1.79. The largest absolute Gasteiger partial charge is 0.352 e. The summed E-state index contributed by atoms with van der Waals surface area (Å²) in [5, 5.41) is 5.07. The SMILES string of the molecule is Cn1cc(C(=O)N2CCN(c3ncc(Cl)cc3Cl)CC2)cn1. The molecule has 1 aliphatic heterocycles. The summed E-state index contributed by atoms with van der Waals surface area (Å²) in [5.74, 6) is 0.711. The van der Waals surface area contributed by atoms with Crippen molar-refractivity contribution in [3.8, 4) is 0 Å². The van der Waals surface area contributed by atoms with Crippen molar-refractivity contribution in [3.63, 3.8) is 0 Å². The van der Waals surface area contributed by atoms with E-state index in [2.05, 4.69) is 15.0 Å². The zero-order valence-corrected chi connectivity index (χ0v) is 13.5. The molecule has 1 fully saturated rings. The third-order valence-electron chi connectivity index (χ3n) is 3.61. The maximum absolute atomic E-state index is 12.4. The molecule has 1 aliphatic rings. The molecule has 0 atom stereocenters. The van der Waals surface area contributed by atoms with Gasteiger partial charge in [-0.25, -0.2) is 4.98 Å². The molecule has 8 heteroatoms. The normalized spacial score (nSPS) is 15.2. The molecule has 1 saturated heterocycles. The average molecular weight is 340 g/mol. The highest BCUT2D eigenvalue weighted by molar-refractivity contribution is 6.36. The van der Waals surface area contributed by atoms with E-state index in [0.29, 0.717) is 47.6 Å². The van der Waals surface area contributed by atoms with Gasteiger partial charge in [0.1, 0.15) is 5.82 Å². The van der Waals surface area contributed by atoms with Crippen LogP contribution in [0.5, 0.6) is 0 Å². The molecule has 0 saturated carbocycles. The number of aromatic nitrogens is 3. The van der Waals surface area contributed by atoms with Crippen molar-refractivity contribution in [2.45, 2.75) is 0 Å². The molecule has 22 heavy (non-hydrogen) atoms. The molecule has 3 rings (SSSR count). The van der Waals surface area contributed by atoms with Gasteiger partial charge in [-0.15, -0.1) is 0 Å². The number of pyridine rings is 1. The molecule has 2 aromatic rings. The Balaban J connectivity index is 1.66. The molecule has 116 valence electrons. The van der Waals surface area contributed by atoms with Crippen LogP contribution in [-0.2, 0) is 7.05 Å². The summed E-state index contributed by atoms with van der Waals surface area (Å²) in [5.41, 5.74) is 0.610. The van der Waals surface area contributed by atoms with E-state index in [4.69, 9.17) is 23.2 Å². The summed E-state index contributed by atoms with van der Waals surface area (Å²) in [7, 11) is 1.79. The molecule has 0 N–H and O–H groups in total. The van der Waals surface area contributed by atoms with Crippen molar-refractivity contribution < 1.29 is 4.79 Å². The molecule has 0 aromatic carbocycles. The van der Waals surface area contributed by atoms with Crippen molar-refractivity contribution in [1.82, 2.24) is 19.7 Å². The molecule has 0 unspecified atom stereocenters. The first-order chi connectivity index (χ1) is 10.5. The third-order valence-corrected chi connectivity index (χ3v) is 4.09. The molecule has 6 nitrogen and oxygen atoms in total. The molecule has 0 bridgehead atoms. The summed E-state index contributed by atoms with van der Waals surface area (Å²) in [6, 6.07) is 1.68. The fourth-order valence-corrected chi connectivity index (χ4v) is 2.98. The second kappa shape index (κ2) is 6.14. The Morgan fingerprint density at radius 2 is 1.91 bits per heavy atom. The second-order valence-electron chi connectivity index (χ2n) is 5.14. The van der Waals surface area contributed by atoms with Crippen LogP contribution < -0.4 is 4.90 Å². The van der Waals surface area contributed by atoms with Crippen LogP contribution in [-0.4, -0.2) is 51.8 Å². The summed E-state index contributed by atoms with van der Waals surface area (Å²) in [6.45, 7) is 2.60. The monoisotopic (exact) mass is 339 g/mol. The topological polar surface area (TPSA) is 54.3 Å². The lowest BCUT2D eigenvalue weighted by molar-refractivity contribution is 0.0746. The first-order valence-electron chi connectivity index (χ1n) is 6.88. The Labute approximate surface area is 138 Å². The number of hydrogen-bond acceptors (Lipinski definition) is 4. The van der Waals surface area contributed by atoms with Gasteiger partial charge in [-0.1, -0.05) is 23.2 Å². The lowest BCUT2D eigenvalue weighted by Gasteiger charge is -2.35. The Kier molecular flexibility index (Phi) is 4.22. The Bertz CT molecular complexity index is 694. The van der Waals surface area contributed by atoms with Crippen LogP contribution in [0.15, 0.2) is 24.7 Å². The summed E-state index contributed by atoms with van der Waals surface area (Å²) in [6.07, 6.45) is 4.90. The van der Waals surface area contributed by atoms with Crippen molar-refractivity contribution in [1.29, 1.82) is 0 Å². The van der Waals surface area contributed by atoms with Crippen LogP contribution in [0.4, 0.5) is 5.82 Å². The number of anilines is 1. The fraction of sp³-hybridized carbons (Fsp3) is 0.357. The number of halogens is 2. The molecular weight excluding hydrogens is 325 g/mol. The second-order valence-corrected chi connectivity index (χ2v) is 5.98. The van der Waals surface area contributed by atoms with Crippen molar-refractivity contribution in [2.75, 3.05) is 31.1 Å². The summed E-state index contributed by atoms with van der Waals surface area (Å²) in [4.78, 5) is 20.5. The van der Waals surface area contributed by atoms with E-state index in [9.17, 15) is 4.79 Å². The first-order valence-corrected chi connectivity index (χ1v) is 7.64. The fourth-order valence-electron chi connectivity index (χ4n) is 2.48. The van der Waals surface area contributed by atoms with Crippen LogP contribution in [0.2, 0.25) is 10.0 Å². The zero-order valence-electron chi connectivity index (χ0n) is 12.0. The lowest BCUT2D eigenvalue weighted by Crippen LogP contribution is -2.49. The van der Waals surface area contributed by atoms with Gasteiger partial charge in [0, 0.05) is 45.6 Å². The van der Waals surface area contributed by atoms with Gasteiger partial charge >= 0.3 is 0 Å². The maximum Gasteiger partial charge on any atom is 0.257 e. The number of carbonyl (C=O) groups is 1. The van der Waals surface area contributed by atoms with Gasteiger partial charge in [-0.2, -0.15) is 5.10 Å². The smallest absolute Gasteiger partial charge is 0.257 e. The van der Waals surface area contributed by atoms with Crippen molar-refractivity contribution >= 4 is 34.9 Å². The van der Waals surface area contributed by atoms with Crippen LogP contribution in [0.1, 0.15) is 10.4 Å². The van der Waals surface area contributed by atoms with E-state index >= 15 is 0 Å². The molecule has 0 aliphatic carbocycles. The van der Waals surface area contributed by atoms with E-state index in [1.54, 1.807) is 36.4 Å². The molecule has 0 radical (unpaired) electrons. The summed E-state index contributed by atoms with van der Waals surface area (Å²) < 4.78 is 1.63. The molecule has 0 spiro atoms. The quantitative estimate of drug-likeness (QED) is 0.840. The zero-order chi connectivity index (χ0) is 15.7. The standard InChI is InChI=1S/C14H15Cl2N5O/c1-19-9-10(7-18-19)14(22)21-4-2-20(3-5-21)13-12(16)6-11(15)8-17-13/h6-9H,2-5H2,1H3. The minimum absolute atomic E-state index is 0.00270. The third kappa shape index (κ3) is 3.03. The van der Waals surface area contributed by atoms with E-state index in [1.807, 2.05) is 4.90 Å². The van der Waals surface area contributed by atoms with Crippen molar-refractivity contribution in [2.24, 2.45) is 7.05 Å². The number of carbonyl (C=O) groups excluding carboxylic acids is 1. The van der Waals surface area contributed by atoms with E-state index < -0.39 is 0 Å². The number of aryl methyl sites for hydroxylation is 1. The van der Waals surface area contributed by atoms with Crippen LogP contribution in [0.25, 0.3) is 0 Å². The highest BCUT2D eigenvalue weighted by Crippen LogP contribution is 2.26. The van der Waals surface area contributed by atoms with E-state index in [-0.39, 0.29) is 5.91 Å². The molecular formula is C14H15Cl2N5O. The molecule has 1 amide bonds. The number of piperazine rings is 1. The van der Waals surface area contributed by atoms with Crippen LogP contribution in [0.3, 0.4) is 0 Å². The van der Waals surface area contributed by atoms with Crippen molar-refractivity contribution in [3.05, 3.63) is 40.3 Å². The molecule has 3 heterocycles. The minimum Gasteiger partial charge on any atom is -0.352 e. The number of amides is 1. The van der Waals surface area contributed by atoms with E-state index in [0.717, 1.165) is 0 Å². The average Bonchev–Trinajstić information content (AvgIpc) is 2.93. The first kappa shape index (κ1) is 15.1. The molecule has 2 aromatic heterocycles. The lowest BCUT2D eigenvalue weighted by atomic mass is 10.2. The van der Waals surface area contributed by atoms with Gasteiger partial charge in [0.15, 0.2) is 0 Å². The van der Waals surface area contributed by atoms with Crippen LogP contribution in [0, 0.1) is 0 Å². The highest BCUT2D eigenvalue weighted by atomic mass is 35.5. The predicted molar refractivity (Wildman–Crippen MR) is 85.6 cm³/mol. The van der Waals surface area contributed by atoms with E-state index in [1.165, 1.54) is 0 Å². The van der Waals surface area contributed by atoms with Crippen LogP contribution >= 0.6 is 23.2 Å². The van der Waals surface area contributed by atoms with Gasteiger partial charge in [-0.05, 0) is 6.07 Å². The Morgan fingerprint density at radius 3 is 2.50 bits per heavy atom. The number of rotatable bonds is 2. The van der Waals surface area contributed by atoms with Gasteiger partial charge in [-0.3, -0.25) is 9.48 Å². The van der Waals surface area contributed by atoms with Gasteiger partial charge in [0.25, 0.3) is 5.91 Å². The predicted octanol–water partition coefficient (Wildman–Crippen LogP) is 2.08. The number of hydrogen-bond donors (Lipinski definition) is 0. The van der Waals surface area contributed by atoms with Gasteiger partial charge in [0.2, 0.25) is 0 Å². The van der Waals surface area contributed by atoms with Gasteiger partial charge in [0.05, 0.1) is 21.8 Å². The Morgan fingerprint density at radius 1 is 1.18 bits per heavy atom. The number of nitrogens with zero attached hydrogens (tertiary/aromatic N) is 5. The highest BCUT2D eigenvalue weighted by Gasteiger charge is 2.24. The maximum atomic E-state index is 12.4. The van der Waals surface area contributed by atoms with Gasteiger partial charge < -0.3 is 9.80 Å². The minimum atomic E-state index is 0.00270.